The Morgan fingerprint density at radius 2 is 1.76 bits per heavy atom. The zero-order valence-electron chi connectivity index (χ0n) is 14.8. The lowest BCUT2D eigenvalue weighted by atomic mass is 9.96. The highest BCUT2D eigenvalue weighted by atomic mass is 16.2. The molecular weight excluding hydrogens is 320 g/mol. The number of carbonyl (C=O) groups is 3. The lowest BCUT2D eigenvalue weighted by molar-refractivity contribution is -0.131. The minimum absolute atomic E-state index is 0.0157. The molecule has 1 aliphatic heterocycles. The van der Waals surface area contributed by atoms with Gasteiger partial charge in [0.2, 0.25) is 17.7 Å². The molecule has 136 valence electrons. The van der Waals surface area contributed by atoms with E-state index in [-0.39, 0.29) is 36.7 Å². The average Bonchev–Trinajstić information content (AvgIpc) is 2.61. The van der Waals surface area contributed by atoms with Crippen LogP contribution in [0.2, 0.25) is 0 Å². The van der Waals surface area contributed by atoms with Crippen LogP contribution >= 0.6 is 0 Å². The summed E-state index contributed by atoms with van der Waals surface area (Å²) < 4.78 is 0. The average molecular weight is 346 g/mol. The monoisotopic (exact) mass is 346 g/mol. The summed E-state index contributed by atoms with van der Waals surface area (Å²) in [6.07, 6.45) is 1.45. The number of benzene rings is 1. The van der Waals surface area contributed by atoms with Crippen molar-refractivity contribution in [2.45, 2.75) is 12.8 Å². The van der Waals surface area contributed by atoms with E-state index < -0.39 is 0 Å². The number of rotatable bonds is 6. The molecule has 2 N–H and O–H groups in total. The highest BCUT2D eigenvalue weighted by molar-refractivity contribution is 5.92. The molecule has 1 aromatic carbocycles. The third-order valence-electron chi connectivity index (χ3n) is 4.30. The van der Waals surface area contributed by atoms with E-state index in [1.165, 1.54) is 4.90 Å². The number of likely N-dealkylation sites (tertiary alicyclic amines) is 1. The maximum atomic E-state index is 12.3. The second kappa shape index (κ2) is 9.17. The maximum absolute atomic E-state index is 12.3. The van der Waals surface area contributed by atoms with E-state index in [0.717, 1.165) is 18.5 Å². The summed E-state index contributed by atoms with van der Waals surface area (Å²) in [5.41, 5.74) is 0.805. The van der Waals surface area contributed by atoms with Crippen LogP contribution in [0.5, 0.6) is 0 Å². The fourth-order valence-corrected chi connectivity index (χ4v) is 2.71. The molecular formula is C18H26N4O3. The van der Waals surface area contributed by atoms with Crippen molar-refractivity contribution < 1.29 is 14.4 Å². The topological polar surface area (TPSA) is 81.8 Å². The van der Waals surface area contributed by atoms with Gasteiger partial charge in [0.15, 0.2) is 0 Å². The van der Waals surface area contributed by atoms with Gasteiger partial charge >= 0.3 is 0 Å². The van der Waals surface area contributed by atoms with Crippen molar-refractivity contribution in [3.8, 4) is 0 Å². The summed E-state index contributed by atoms with van der Waals surface area (Å²) in [6, 6.07) is 9.42. The van der Waals surface area contributed by atoms with E-state index in [9.17, 15) is 14.4 Å². The lowest BCUT2D eigenvalue weighted by Gasteiger charge is -2.30. The van der Waals surface area contributed by atoms with Crippen molar-refractivity contribution in [1.82, 2.24) is 15.1 Å². The number of amides is 3. The summed E-state index contributed by atoms with van der Waals surface area (Å²) in [5.74, 6) is -0.297. The Labute approximate surface area is 148 Å². The van der Waals surface area contributed by atoms with Crippen LogP contribution in [0.1, 0.15) is 12.8 Å². The third-order valence-corrected chi connectivity index (χ3v) is 4.30. The molecule has 0 atom stereocenters. The smallest absolute Gasteiger partial charge is 0.241 e. The van der Waals surface area contributed by atoms with Crippen molar-refractivity contribution in [3.63, 3.8) is 0 Å². The Hall–Kier alpha value is -2.41. The number of nitrogens with zero attached hydrogens (tertiary/aromatic N) is 2. The van der Waals surface area contributed by atoms with E-state index in [1.807, 2.05) is 35.2 Å². The molecule has 25 heavy (non-hydrogen) atoms. The predicted octanol–water partition coefficient (Wildman–Crippen LogP) is 0.542. The van der Waals surface area contributed by atoms with Gasteiger partial charge < -0.3 is 15.5 Å². The van der Waals surface area contributed by atoms with Gasteiger partial charge in [-0.05, 0) is 38.1 Å². The Kier molecular flexibility index (Phi) is 6.94. The molecule has 7 nitrogen and oxygen atoms in total. The molecule has 0 saturated carbocycles. The van der Waals surface area contributed by atoms with Gasteiger partial charge in [-0.15, -0.1) is 0 Å². The fourth-order valence-electron chi connectivity index (χ4n) is 2.71. The molecule has 2 rings (SSSR count). The third kappa shape index (κ3) is 6.19. The molecule has 0 aliphatic carbocycles. The van der Waals surface area contributed by atoms with Crippen LogP contribution in [-0.2, 0) is 14.4 Å². The summed E-state index contributed by atoms with van der Waals surface area (Å²) in [6.45, 7) is 1.67. The van der Waals surface area contributed by atoms with Gasteiger partial charge in [0.05, 0.1) is 13.1 Å². The van der Waals surface area contributed by atoms with Crippen molar-refractivity contribution >= 4 is 23.4 Å². The minimum atomic E-state index is -0.164. The van der Waals surface area contributed by atoms with Crippen LogP contribution in [0.4, 0.5) is 5.69 Å². The van der Waals surface area contributed by atoms with Crippen LogP contribution in [0.3, 0.4) is 0 Å². The molecule has 1 fully saturated rings. The zero-order chi connectivity index (χ0) is 18.2. The van der Waals surface area contributed by atoms with Gasteiger partial charge in [0.1, 0.15) is 0 Å². The second-order valence-electron chi connectivity index (χ2n) is 6.47. The molecule has 0 radical (unpaired) electrons. The summed E-state index contributed by atoms with van der Waals surface area (Å²) in [5, 5.41) is 5.56. The number of piperidine rings is 1. The first-order valence-corrected chi connectivity index (χ1v) is 8.51. The number of carbonyl (C=O) groups excluding carboxylic acids is 3. The Morgan fingerprint density at radius 3 is 2.36 bits per heavy atom. The number of hydrogen-bond donors (Lipinski definition) is 2. The first-order valence-electron chi connectivity index (χ1n) is 8.51. The zero-order valence-corrected chi connectivity index (χ0v) is 14.8. The predicted molar refractivity (Wildman–Crippen MR) is 95.9 cm³/mol. The van der Waals surface area contributed by atoms with Crippen LogP contribution in [0.25, 0.3) is 0 Å². The van der Waals surface area contributed by atoms with E-state index in [2.05, 4.69) is 10.6 Å². The molecule has 0 unspecified atom stereocenters. The standard InChI is InChI=1S/C18H26N4O3/c1-21(2)17(24)12-19-16(23)13-22-10-8-14(9-11-22)18(25)20-15-6-4-3-5-7-15/h3-7,14H,8-13H2,1-2H3,(H,19,23)(H,20,25). The molecule has 1 saturated heterocycles. The molecule has 0 spiro atoms. The normalized spacial score (nSPS) is 15.4. The maximum Gasteiger partial charge on any atom is 0.241 e. The van der Waals surface area contributed by atoms with Crippen molar-refractivity contribution in [2.24, 2.45) is 5.92 Å². The van der Waals surface area contributed by atoms with Crippen LogP contribution in [0, 0.1) is 5.92 Å². The van der Waals surface area contributed by atoms with E-state index >= 15 is 0 Å². The Bertz CT molecular complexity index is 596. The Balaban J connectivity index is 1.69. The van der Waals surface area contributed by atoms with Crippen molar-refractivity contribution in [1.29, 1.82) is 0 Å². The first kappa shape index (κ1) is 18.9. The molecule has 3 amide bonds. The summed E-state index contributed by atoms with van der Waals surface area (Å²) >= 11 is 0. The molecule has 1 aromatic rings. The van der Waals surface area contributed by atoms with Gasteiger partial charge in [-0.2, -0.15) is 0 Å². The number of likely N-dealkylation sites (N-methyl/N-ethyl adjacent to an activating group) is 1. The van der Waals surface area contributed by atoms with E-state index in [1.54, 1.807) is 14.1 Å². The lowest BCUT2D eigenvalue weighted by Crippen LogP contribution is -2.45. The van der Waals surface area contributed by atoms with Gasteiger partial charge in [0, 0.05) is 25.7 Å². The number of nitrogens with one attached hydrogen (secondary N) is 2. The fraction of sp³-hybridized carbons (Fsp3) is 0.500. The van der Waals surface area contributed by atoms with Gasteiger partial charge in [-0.25, -0.2) is 0 Å². The van der Waals surface area contributed by atoms with E-state index in [4.69, 9.17) is 0 Å². The highest BCUT2D eigenvalue weighted by Crippen LogP contribution is 2.19. The summed E-state index contributed by atoms with van der Waals surface area (Å²) in [4.78, 5) is 39.1. The van der Waals surface area contributed by atoms with Gasteiger partial charge in [-0.3, -0.25) is 19.3 Å². The molecule has 0 bridgehead atoms. The molecule has 1 heterocycles. The van der Waals surface area contributed by atoms with Crippen molar-refractivity contribution in [3.05, 3.63) is 30.3 Å². The number of para-hydroxylation sites is 1. The number of anilines is 1. The number of hydrogen-bond acceptors (Lipinski definition) is 4. The van der Waals surface area contributed by atoms with Crippen LogP contribution in [0.15, 0.2) is 30.3 Å². The van der Waals surface area contributed by atoms with Crippen LogP contribution in [-0.4, -0.2) is 67.8 Å². The van der Waals surface area contributed by atoms with Gasteiger partial charge in [-0.1, -0.05) is 18.2 Å². The summed E-state index contributed by atoms with van der Waals surface area (Å²) in [7, 11) is 3.31. The largest absolute Gasteiger partial charge is 0.347 e. The van der Waals surface area contributed by atoms with Crippen LogP contribution < -0.4 is 10.6 Å². The second-order valence-corrected chi connectivity index (χ2v) is 6.47. The Morgan fingerprint density at radius 1 is 1.12 bits per heavy atom. The quantitative estimate of drug-likeness (QED) is 0.788. The highest BCUT2D eigenvalue weighted by Gasteiger charge is 2.26. The first-order chi connectivity index (χ1) is 12.0. The SMILES string of the molecule is CN(C)C(=O)CNC(=O)CN1CCC(C(=O)Nc2ccccc2)CC1. The van der Waals surface area contributed by atoms with E-state index in [0.29, 0.717) is 13.1 Å². The van der Waals surface area contributed by atoms with Gasteiger partial charge in [0.25, 0.3) is 0 Å². The minimum Gasteiger partial charge on any atom is -0.347 e. The molecule has 1 aliphatic rings. The molecule has 7 heteroatoms. The van der Waals surface area contributed by atoms with Crippen molar-refractivity contribution in [2.75, 3.05) is 45.6 Å². The molecule has 0 aromatic heterocycles.